The first-order valence-electron chi connectivity index (χ1n) is 6.77. The van der Waals surface area contributed by atoms with E-state index in [1.54, 1.807) is 20.1 Å². The van der Waals surface area contributed by atoms with Gasteiger partial charge in [0.25, 0.3) is 0 Å². The van der Waals surface area contributed by atoms with E-state index in [0.717, 1.165) is 25.7 Å². The molecule has 3 nitrogen and oxygen atoms in total. The predicted octanol–water partition coefficient (Wildman–Crippen LogP) is 3.22. The van der Waals surface area contributed by atoms with Gasteiger partial charge in [-0.1, -0.05) is 0 Å². The van der Waals surface area contributed by atoms with Crippen molar-refractivity contribution in [3.63, 3.8) is 0 Å². The molecule has 2 rings (SSSR count). The van der Waals surface area contributed by atoms with Crippen molar-refractivity contribution in [2.45, 2.75) is 50.9 Å². The number of ether oxygens (including phenoxy) is 2. The van der Waals surface area contributed by atoms with Crippen molar-refractivity contribution in [2.75, 3.05) is 7.11 Å². The summed E-state index contributed by atoms with van der Waals surface area (Å²) in [6.07, 6.45) is 3.41. The van der Waals surface area contributed by atoms with E-state index in [1.807, 2.05) is 0 Å². The summed E-state index contributed by atoms with van der Waals surface area (Å²) in [6, 6.07) is 4.26. The van der Waals surface area contributed by atoms with Gasteiger partial charge in [-0.05, 0) is 38.3 Å². The van der Waals surface area contributed by atoms with E-state index in [-0.39, 0.29) is 18.0 Å². The molecule has 0 saturated heterocycles. The van der Waals surface area contributed by atoms with Crippen molar-refractivity contribution in [2.24, 2.45) is 0 Å². The van der Waals surface area contributed by atoms with Crippen LogP contribution in [-0.2, 0) is 4.74 Å². The van der Waals surface area contributed by atoms with Crippen LogP contribution in [0.5, 0.6) is 5.75 Å². The Morgan fingerprint density at radius 2 is 2.05 bits per heavy atom. The average Bonchev–Trinajstić information content (AvgIpc) is 2.38. The Kier molecular flexibility index (Phi) is 4.77. The molecule has 1 aromatic rings. The molecule has 2 unspecified atom stereocenters. The highest BCUT2D eigenvalue weighted by atomic mass is 19.1. The summed E-state index contributed by atoms with van der Waals surface area (Å²) in [5.41, 5.74) is 0.626. The summed E-state index contributed by atoms with van der Waals surface area (Å²) >= 11 is 0. The molecule has 0 bridgehead atoms. The van der Waals surface area contributed by atoms with Gasteiger partial charge in [-0.15, -0.1) is 0 Å². The van der Waals surface area contributed by atoms with Crippen LogP contribution in [0.4, 0.5) is 4.39 Å². The minimum absolute atomic E-state index is 0.0259. The minimum Gasteiger partial charge on any atom is -0.490 e. The smallest absolute Gasteiger partial charge is 0.128 e. The van der Waals surface area contributed by atoms with Gasteiger partial charge in [-0.3, -0.25) is 0 Å². The third kappa shape index (κ3) is 3.67. The third-order valence-electron chi connectivity index (χ3n) is 3.63. The first kappa shape index (κ1) is 14.3. The highest BCUT2D eigenvalue weighted by Gasteiger charge is 2.24. The lowest BCUT2D eigenvalue weighted by atomic mass is 9.94. The molecule has 1 aliphatic rings. The van der Waals surface area contributed by atoms with Gasteiger partial charge >= 0.3 is 0 Å². The number of aliphatic hydroxyl groups excluding tert-OH is 1. The Labute approximate surface area is 113 Å². The van der Waals surface area contributed by atoms with Crippen LogP contribution in [0.2, 0.25) is 0 Å². The van der Waals surface area contributed by atoms with E-state index in [4.69, 9.17) is 9.47 Å². The van der Waals surface area contributed by atoms with Crippen molar-refractivity contribution in [3.8, 4) is 5.75 Å². The van der Waals surface area contributed by atoms with Crippen LogP contribution in [-0.4, -0.2) is 24.4 Å². The lowest BCUT2D eigenvalue weighted by Gasteiger charge is -2.29. The SMILES string of the molecule is COC1CCCC(Oc2cc(F)ccc2[C@H](C)O)C1. The predicted molar refractivity (Wildman–Crippen MR) is 70.7 cm³/mol. The van der Waals surface area contributed by atoms with E-state index in [2.05, 4.69) is 0 Å². The maximum Gasteiger partial charge on any atom is 0.128 e. The molecule has 0 amide bonds. The minimum atomic E-state index is -0.669. The molecule has 4 heteroatoms. The fourth-order valence-electron chi connectivity index (χ4n) is 2.56. The summed E-state index contributed by atoms with van der Waals surface area (Å²) < 4.78 is 24.6. The van der Waals surface area contributed by atoms with Crippen LogP contribution in [0.25, 0.3) is 0 Å². The molecule has 0 heterocycles. The standard InChI is InChI=1S/C15H21FO3/c1-10(17)14-7-6-11(16)8-15(14)19-13-5-3-4-12(9-13)18-2/h6-8,10,12-13,17H,3-5,9H2,1-2H3/t10-,12?,13?/m0/s1. The molecule has 1 aromatic carbocycles. The Balaban J connectivity index is 2.11. The molecule has 3 atom stereocenters. The van der Waals surface area contributed by atoms with E-state index in [9.17, 15) is 9.50 Å². The van der Waals surface area contributed by atoms with Crippen molar-refractivity contribution >= 4 is 0 Å². The van der Waals surface area contributed by atoms with Crippen LogP contribution in [0.1, 0.15) is 44.3 Å². The number of benzene rings is 1. The van der Waals surface area contributed by atoms with Crippen molar-refractivity contribution in [3.05, 3.63) is 29.6 Å². The molecule has 1 fully saturated rings. The fourth-order valence-corrected chi connectivity index (χ4v) is 2.56. The van der Waals surface area contributed by atoms with E-state index < -0.39 is 6.10 Å². The lowest BCUT2D eigenvalue weighted by Crippen LogP contribution is -2.29. The van der Waals surface area contributed by atoms with E-state index in [0.29, 0.717) is 11.3 Å². The van der Waals surface area contributed by atoms with Crippen molar-refractivity contribution in [1.29, 1.82) is 0 Å². The number of methoxy groups -OCH3 is 1. The lowest BCUT2D eigenvalue weighted by molar-refractivity contribution is 0.0198. The van der Waals surface area contributed by atoms with E-state index >= 15 is 0 Å². The number of aliphatic hydroxyl groups is 1. The quantitative estimate of drug-likeness (QED) is 0.911. The normalized spacial score (nSPS) is 25.1. The molecule has 106 valence electrons. The Morgan fingerprint density at radius 1 is 1.32 bits per heavy atom. The first-order valence-corrected chi connectivity index (χ1v) is 6.77. The summed E-state index contributed by atoms with van der Waals surface area (Å²) in [7, 11) is 1.70. The summed E-state index contributed by atoms with van der Waals surface area (Å²) in [5.74, 6) is 0.0928. The van der Waals surface area contributed by atoms with Crippen LogP contribution in [0.3, 0.4) is 0 Å². The molecule has 0 radical (unpaired) electrons. The topological polar surface area (TPSA) is 38.7 Å². The van der Waals surface area contributed by atoms with Gasteiger partial charge in [0.1, 0.15) is 17.7 Å². The molecule has 1 N–H and O–H groups in total. The summed E-state index contributed by atoms with van der Waals surface area (Å²) in [6.45, 7) is 1.65. The van der Waals surface area contributed by atoms with Crippen LogP contribution in [0.15, 0.2) is 18.2 Å². The van der Waals surface area contributed by atoms with Crippen LogP contribution < -0.4 is 4.74 Å². The van der Waals surface area contributed by atoms with Crippen LogP contribution in [0, 0.1) is 5.82 Å². The fraction of sp³-hybridized carbons (Fsp3) is 0.600. The highest BCUT2D eigenvalue weighted by Crippen LogP contribution is 2.30. The molecule has 0 spiro atoms. The number of rotatable bonds is 4. The van der Waals surface area contributed by atoms with Gasteiger partial charge in [-0.25, -0.2) is 4.39 Å². The summed E-state index contributed by atoms with van der Waals surface area (Å²) in [4.78, 5) is 0. The van der Waals surface area contributed by atoms with Crippen molar-refractivity contribution in [1.82, 2.24) is 0 Å². The zero-order valence-corrected chi connectivity index (χ0v) is 11.4. The van der Waals surface area contributed by atoms with Gasteiger partial charge in [-0.2, -0.15) is 0 Å². The van der Waals surface area contributed by atoms with Crippen molar-refractivity contribution < 1.29 is 19.0 Å². The highest BCUT2D eigenvalue weighted by molar-refractivity contribution is 5.35. The third-order valence-corrected chi connectivity index (χ3v) is 3.63. The van der Waals surface area contributed by atoms with Gasteiger partial charge in [0.05, 0.1) is 12.2 Å². The first-order chi connectivity index (χ1) is 9.10. The molecular formula is C15H21FO3. The second-order valence-electron chi connectivity index (χ2n) is 5.12. The monoisotopic (exact) mass is 268 g/mol. The van der Waals surface area contributed by atoms with E-state index in [1.165, 1.54) is 12.1 Å². The number of halogens is 1. The Bertz CT molecular complexity index is 420. The zero-order chi connectivity index (χ0) is 13.8. The number of hydrogen-bond donors (Lipinski definition) is 1. The Hall–Kier alpha value is -1.13. The molecular weight excluding hydrogens is 247 g/mol. The van der Waals surface area contributed by atoms with Gasteiger partial charge < -0.3 is 14.6 Å². The summed E-state index contributed by atoms with van der Waals surface area (Å²) in [5, 5.41) is 9.70. The molecule has 19 heavy (non-hydrogen) atoms. The number of hydrogen-bond acceptors (Lipinski definition) is 3. The van der Waals surface area contributed by atoms with Gasteiger partial charge in [0.2, 0.25) is 0 Å². The molecule has 0 aliphatic heterocycles. The second kappa shape index (κ2) is 6.35. The molecule has 1 saturated carbocycles. The molecule has 1 aliphatic carbocycles. The maximum atomic E-state index is 13.3. The second-order valence-corrected chi connectivity index (χ2v) is 5.12. The average molecular weight is 268 g/mol. The Morgan fingerprint density at radius 3 is 2.74 bits per heavy atom. The molecule has 0 aromatic heterocycles. The van der Waals surface area contributed by atoms with Crippen LogP contribution >= 0.6 is 0 Å². The van der Waals surface area contributed by atoms with Gasteiger partial charge in [0.15, 0.2) is 0 Å². The largest absolute Gasteiger partial charge is 0.490 e. The maximum absolute atomic E-state index is 13.3. The van der Waals surface area contributed by atoms with Gasteiger partial charge in [0, 0.05) is 25.2 Å². The zero-order valence-electron chi connectivity index (χ0n) is 11.4.